The lowest BCUT2D eigenvalue weighted by Gasteiger charge is -2.34. The molecule has 1 aliphatic carbocycles. The third-order valence-electron chi connectivity index (χ3n) is 7.32. The molecule has 3 heterocycles. The molecule has 6 rings (SSSR count). The number of nitrogens with one attached hydrogen (secondary N) is 1. The van der Waals surface area contributed by atoms with Gasteiger partial charge in [-0.05, 0) is 50.1 Å². The summed E-state index contributed by atoms with van der Waals surface area (Å²) in [4.78, 5) is 9.46. The highest BCUT2D eigenvalue weighted by Crippen LogP contribution is 2.39. The number of fused-ring (bicyclic) bond motifs is 2. The highest BCUT2D eigenvalue weighted by Gasteiger charge is 2.33. The number of hydrogen-bond acceptors (Lipinski definition) is 5. The largest absolute Gasteiger partial charge is 0.369 e. The van der Waals surface area contributed by atoms with Gasteiger partial charge in [-0.2, -0.15) is 5.10 Å². The van der Waals surface area contributed by atoms with E-state index >= 15 is 0 Å². The average Bonchev–Trinajstić information content (AvgIpc) is 3.28. The van der Waals surface area contributed by atoms with Crippen LogP contribution in [0.1, 0.15) is 24.0 Å². The van der Waals surface area contributed by atoms with Crippen LogP contribution in [-0.4, -0.2) is 53.3 Å². The average molecular weight is 457 g/mol. The van der Waals surface area contributed by atoms with E-state index < -0.39 is 5.79 Å². The standard InChI is InChI=1S/C27H29FN6/c1-33-12-14-34(15-13-33)19-9-7-18(8-10-19)26-22-16-24(30-17-25(22)31-32-26)21-4-2-6-23-20(21)5-3-11-27(23,28)29/h2,4,6-10,16-17H,3,5,11-15,29H2,1H3,(H,31,32). The molecule has 6 nitrogen and oxygen atoms in total. The molecule has 174 valence electrons. The van der Waals surface area contributed by atoms with Gasteiger partial charge < -0.3 is 9.80 Å². The maximum absolute atomic E-state index is 15.0. The first-order chi connectivity index (χ1) is 16.5. The molecule has 1 unspecified atom stereocenters. The zero-order valence-corrected chi connectivity index (χ0v) is 19.4. The summed E-state index contributed by atoms with van der Waals surface area (Å²) in [5.74, 6) is -1.78. The third-order valence-corrected chi connectivity index (χ3v) is 7.32. The van der Waals surface area contributed by atoms with Gasteiger partial charge in [0, 0.05) is 53.9 Å². The van der Waals surface area contributed by atoms with Crippen molar-refractivity contribution in [3.8, 4) is 22.5 Å². The number of H-pyrrole nitrogens is 1. The number of aromatic amines is 1. The number of alkyl halides is 1. The summed E-state index contributed by atoms with van der Waals surface area (Å²) < 4.78 is 15.0. The Kier molecular flexibility index (Phi) is 5.12. The van der Waals surface area contributed by atoms with E-state index in [1.54, 1.807) is 0 Å². The van der Waals surface area contributed by atoms with Crippen molar-refractivity contribution in [2.24, 2.45) is 5.73 Å². The molecule has 0 bridgehead atoms. The SMILES string of the molecule is CN1CCN(c2ccc(-c3n[nH]c4cnc(-c5cccc6c5CCCC6(N)F)cc34)cc2)CC1. The maximum atomic E-state index is 15.0. The second kappa shape index (κ2) is 8.18. The van der Waals surface area contributed by atoms with Crippen molar-refractivity contribution in [3.63, 3.8) is 0 Å². The Labute approximate surface area is 198 Å². The van der Waals surface area contributed by atoms with Crippen molar-refractivity contribution in [2.75, 3.05) is 38.1 Å². The van der Waals surface area contributed by atoms with Gasteiger partial charge in [0.15, 0.2) is 5.79 Å². The van der Waals surface area contributed by atoms with Crippen molar-refractivity contribution >= 4 is 16.6 Å². The third kappa shape index (κ3) is 3.65. The molecule has 0 spiro atoms. The number of pyridine rings is 1. The van der Waals surface area contributed by atoms with Crippen LogP contribution >= 0.6 is 0 Å². The molecule has 1 saturated heterocycles. The summed E-state index contributed by atoms with van der Waals surface area (Å²) in [6.45, 7) is 4.25. The Hall–Kier alpha value is -3.29. The number of piperazine rings is 1. The van der Waals surface area contributed by atoms with Gasteiger partial charge in [0.25, 0.3) is 0 Å². The van der Waals surface area contributed by atoms with E-state index in [2.05, 4.69) is 62.4 Å². The molecule has 1 aliphatic heterocycles. The summed E-state index contributed by atoms with van der Waals surface area (Å²) >= 11 is 0. The van der Waals surface area contributed by atoms with E-state index in [4.69, 9.17) is 5.73 Å². The first kappa shape index (κ1) is 21.3. The fourth-order valence-corrected chi connectivity index (χ4v) is 5.32. The normalized spacial score (nSPS) is 21.1. The fourth-order valence-electron chi connectivity index (χ4n) is 5.32. The van der Waals surface area contributed by atoms with Crippen molar-refractivity contribution in [3.05, 3.63) is 65.9 Å². The fraction of sp³-hybridized carbons (Fsp3) is 0.333. The molecular weight excluding hydrogens is 427 g/mol. The van der Waals surface area contributed by atoms with Crippen LogP contribution in [0.2, 0.25) is 0 Å². The Morgan fingerprint density at radius 1 is 1.06 bits per heavy atom. The number of rotatable bonds is 3. The van der Waals surface area contributed by atoms with Gasteiger partial charge in [0.05, 0.1) is 17.4 Å². The summed E-state index contributed by atoms with van der Waals surface area (Å²) in [5, 5.41) is 8.72. The van der Waals surface area contributed by atoms with Crippen LogP contribution in [0.3, 0.4) is 0 Å². The molecule has 2 aliphatic rings. The molecule has 7 heteroatoms. The van der Waals surface area contributed by atoms with Gasteiger partial charge in [0.2, 0.25) is 0 Å². The minimum absolute atomic E-state index is 0.353. The molecule has 3 N–H and O–H groups in total. The number of nitrogens with zero attached hydrogens (tertiary/aromatic N) is 4. The molecule has 4 aromatic rings. The van der Waals surface area contributed by atoms with Gasteiger partial charge in [-0.25, -0.2) is 4.39 Å². The quantitative estimate of drug-likeness (QED) is 0.445. The van der Waals surface area contributed by atoms with Crippen LogP contribution in [0.4, 0.5) is 10.1 Å². The zero-order valence-electron chi connectivity index (χ0n) is 19.4. The van der Waals surface area contributed by atoms with E-state index in [9.17, 15) is 4.39 Å². The summed E-state index contributed by atoms with van der Waals surface area (Å²) in [5.41, 5.74) is 13.4. The van der Waals surface area contributed by atoms with Crippen LogP contribution in [0.25, 0.3) is 33.4 Å². The first-order valence-electron chi connectivity index (χ1n) is 12.0. The molecule has 0 radical (unpaired) electrons. The molecule has 1 fully saturated rings. The van der Waals surface area contributed by atoms with Crippen molar-refractivity contribution in [2.45, 2.75) is 25.1 Å². The predicted molar refractivity (Wildman–Crippen MR) is 134 cm³/mol. The van der Waals surface area contributed by atoms with E-state index in [1.165, 1.54) is 5.69 Å². The van der Waals surface area contributed by atoms with Crippen molar-refractivity contribution < 1.29 is 4.39 Å². The molecule has 2 aromatic carbocycles. The van der Waals surface area contributed by atoms with Crippen LogP contribution in [0.5, 0.6) is 0 Å². The van der Waals surface area contributed by atoms with Crippen LogP contribution in [0, 0.1) is 0 Å². The minimum atomic E-state index is -1.78. The number of aromatic nitrogens is 3. The number of anilines is 1. The van der Waals surface area contributed by atoms with E-state index in [-0.39, 0.29) is 0 Å². The van der Waals surface area contributed by atoms with Crippen LogP contribution < -0.4 is 10.6 Å². The second-order valence-corrected chi connectivity index (χ2v) is 9.57. The topological polar surface area (TPSA) is 74.1 Å². The minimum Gasteiger partial charge on any atom is -0.369 e. The maximum Gasteiger partial charge on any atom is 0.185 e. The smallest absolute Gasteiger partial charge is 0.185 e. The van der Waals surface area contributed by atoms with E-state index in [0.29, 0.717) is 12.0 Å². The summed E-state index contributed by atoms with van der Waals surface area (Å²) in [7, 11) is 2.17. The molecule has 1 atom stereocenters. The molecular formula is C27H29FN6. The molecule has 2 aromatic heterocycles. The Morgan fingerprint density at radius 2 is 1.85 bits per heavy atom. The Balaban J connectivity index is 1.36. The lowest BCUT2D eigenvalue weighted by molar-refractivity contribution is 0.146. The lowest BCUT2D eigenvalue weighted by Crippen LogP contribution is -2.44. The first-order valence-corrected chi connectivity index (χ1v) is 12.0. The van der Waals surface area contributed by atoms with Crippen LogP contribution in [0.15, 0.2) is 54.7 Å². The summed E-state index contributed by atoms with van der Waals surface area (Å²) in [6.07, 6.45) is 3.70. The summed E-state index contributed by atoms with van der Waals surface area (Å²) in [6, 6.07) is 16.4. The molecule has 0 saturated carbocycles. The second-order valence-electron chi connectivity index (χ2n) is 9.57. The highest BCUT2D eigenvalue weighted by atomic mass is 19.1. The Bertz CT molecular complexity index is 1340. The Morgan fingerprint density at radius 3 is 2.65 bits per heavy atom. The number of likely N-dealkylation sites (N-methyl/N-ethyl adjacent to an activating group) is 1. The van der Waals surface area contributed by atoms with Gasteiger partial charge in [-0.15, -0.1) is 0 Å². The molecule has 0 amide bonds. The van der Waals surface area contributed by atoms with Crippen LogP contribution in [-0.2, 0) is 12.2 Å². The zero-order chi connectivity index (χ0) is 23.3. The van der Waals surface area contributed by atoms with E-state index in [0.717, 1.165) is 78.0 Å². The molecule has 34 heavy (non-hydrogen) atoms. The monoisotopic (exact) mass is 456 g/mol. The van der Waals surface area contributed by atoms with Gasteiger partial charge in [-0.1, -0.05) is 30.3 Å². The number of halogens is 1. The van der Waals surface area contributed by atoms with Gasteiger partial charge in [0.1, 0.15) is 5.69 Å². The van der Waals surface area contributed by atoms with Gasteiger partial charge >= 0.3 is 0 Å². The van der Waals surface area contributed by atoms with Crippen molar-refractivity contribution in [1.29, 1.82) is 0 Å². The lowest BCUT2D eigenvalue weighted by atomic mass is 9.83. The van der Waals surface area contributed by atoms with Gasteiger partial charge in [-0.3, -0.25) is 15.8 Å². The predicted octanol–water partition coefficient (Wildman–Crippen LogP) is 4.46. The van der Waals surface area contributed by atoms with Crippen molar-refractivity contribution in [1.82, 2.24) is 20.1 Å². The highest BCUT2D eigenvalue weighted by molar-refractivity contribution is 5.95. The number of benzene rings is 2. The van der Waals surface area contributed by atoms with E-state index in [1.807, 2.05) is 24.4 Å². The number of hydrogen-bond donors (Lipinski definition) is 2. The number of nitrogens with two attached hydrogens (primary N) is 1.